The summed E-state index contributed by atoms with van der Waals surface area (Å²) in [7, 11) is 5.00. The maximum Gasteiger partial charge on any atom is 0.260 e. The van der Waals surface area contributed by atoms with Gasteiger partial charge in [-0.25, -0.2) is 4.98 Å². The summed E-state index contributed by atoms with van der Waals surface area (Å²) < 4.78 is 18.3. The number of carbonyl (C=O) groups is 1. The molecule has 0 unspecified atom stereocenters. The van der Waals surface area contributed by atoms with Crippen molar-refractivity contribution in [3.63, 3.8) is 0 Å². The molecule has 2 aromatic carbocycles. The van der Waals surface area contributed by atoms with E-state index in [-0.39, 0.29) is 18.1 Å². The number of pyridine rings is 2. The number of hydrogen-bond donors (Lipinski definition) is 1. The van der Waals surface area contributed by atoms with Gasteiger partial charge in [0, 0.05) is 60.2 Å². The second-order valence-electron chi connectivity index (χ2n) is 11.6. The van der Waals surface area contributed by atoms with Gasteiger partial charge in [-0.2, -0.15) is 10.4 Å². The molecule has 0 radical (unpaired) electrons. The van der Waals surface area contributed by atoms with E-state index in [4.69, 9.17) is 19.2 Å². The number of aromatic nitrogens is 4. The van der Waals surface area contributed by atoms with Crippen molar-refractivity contribution in [2.24, 2.45) is 7.05 Å². The van der Waals surface area contributed by atoms with Crippen LogP contribution in [-0.4, -0.2) is 39.9 Å². The van der Waals surface area contributed by atoms with E-state index in [2.05, 4.69) is 21.5 Å². The standard InChI is InChI=1S/C35H33N7O4/c1-41-18-32(31(14-36)40-41)42(35(43)24-8-11-29(37-16-24)22-5-6-22)17-21-4-10-26-27-19-46-20-28(27)34(39-30(26)12-21)38-15-23-7-9-25(44-2)13-33(23)45-3/h4,7-13,16,18,22H,5-6,15,17,19-20H2,1-3H3,(H,38,39). The van der Waals surface area contributed by atoms with Gasteiger partial charge >= 0.3 is 0 Å². The minimum atomic E-state index is -0.259. The molecule has 7 rings (SSSR count). The van der Waals surface area contributed by atoms with Gasteiger partial charge in [0.15, 0.2) is 5.69 Å². The molecule has 0 bridgehead atoms. The molecule has 4 heterocycles. The predicted octanol–water partition coefficient (Wildman–Crippen LogP) is 5.62. The zero-order valence-electron chi connectivity index (χ0n) is 25.9. The van der Waals surface area contributed by atoms with Crippen LogP contribution in [0.5, 0.6) is 11.5 Å². The van der Waals surface area contributed by atoms with Crippen LogP contribution < -0.4 is 19.7 Å². The number of benzene rings is 2. The minimum absolute atomic E-state index is 0.174. The summed E-state index contributed by atoms with van der Waals surface area (Å²) in [6, 6.07) is 17.6. The molecule has 3 aromatic heterocycles. The molecule has 1 amide bonds. The van der Waals surface area contributed by atoms with Crippen molar-refractivity contribution in [2.75, 3.05) is 24.4 Å². The maximum absolute atomic E-state index is 14.0. The molecule has 5 aromatic rings. The summed E-state index contributed by atoms with van der Waals surface area (Å²) in [5.41, 5.74) is 6.78. The van der Waals surface area contributed by atoms with E-state index in [0.717, 1.165) is 69.0 Å². The van der Waals surface area contributed by atoms with Crippen molar-refractivity contribution in [1.82, 2.24) is 19.7 Å². The molecule has 0 atom stereocenters. The van der Waals surface area contributed by atoms with Gasteiger partial charge in [0.1, 0.15) is 29.1 Å². The number of fused-ring (bicyclic) bond motifs is 3. The van der Waals surface area contributed by atoms with Gasteiger partial charge in [0.25, 0.3) is 5.91 Å². The van der Waals surface area contributed by atoms with Crippen molar-refractivity contribution in [1.29, 1.82) is 5.26 Å². The van der Waals surface area contributed by atoms with Gasteiger partial charge in [-0.05, 0) is 54.3 Å². The zero-order chi connectivity index (χ0) is 31.8. The SMILES string of the molecule is COc1ccc(CNc2nc3cc(CN(C(=O)c4ccc(C5CC5)nc4)c4cn(C)nc4C#N)ccc3c3c2COC3)c(OC)c1. The molecular formula is C35H33N7O4. The van der Waals surface area contributed by atoms with Crippen LogP contribution in [0, 0.1) is 11.3 Å². The highest BCUT2D eigenvalue weighted by molar-refractivity contribution is 6.06. The Morgan fingerprint density at radius 3 is 2.70 bits per heavy atom. The van der Waals surface area contributed by atoms with E-state index >= 15 is 0 Å². The lowest BCUT2D eigenvalue weighted by Gasteiger charge is -2.22. The zero-order valence-corrected chi connectivity index (χ0v) is 25.9. The highest BCUT2D eigenvalue weighted by Gasteiger charge is 2.28. The van der Waals surface area contributed by atoms with Crippen LogP contribution in [0.25, 0.3) is 10.9 Å². The quantitative estimate of drug-likeness (QED) is 0.213. The first kappa shape index (κ1) is 29.3. The highest BCUT2D eigenvalue weighted by Crippen LogP contribution is 2.39. The first-order valence-electron chi connectivity index (χ1n) is 15.1. The molecule has 1 aliphatic heterocycles. The first-order chi connectivity index (χ1) is 22.4. The Bertz CT molecular complexity index is 1990. The molecule has 1 aliphatic carbocycles. The van der Waals surface area contributed by atoms with Crippen molar-refractivity contribution in [3.05, 3.63) is 100 Å². The molecular weight excluding hydrogens is 582 g/mol. The number of anilines is 2. The van der Waals surface area contributed by atoms with Crippen molar-refractivity contribution < 1.29 is 19.0 Å². The van der Waals surface area contributed by atoms with E-state index in [1.54, 1.807) is 43.2 Å². The Labute approximate surface area is 266 Å². The number of nitrogens with zero attached hydrogens (tertiary/aromatic N) is 6. The van der Waals surface area contributed by atoms with Crippen molar-refractivity contribution >= 4 is 28.3 Å². The summed E-state index contributed by atoms with van der Waals surface area (Å²) in [5.74, 6) is 2.41. The fourth-order valence-electron chi connectivity index (χ4n) is 5.93. The number of amides is 1. The Morgan fingerprint density at radius 2 is 1.96 bits per heavy atom. The second kappa shape index (κ2) is 12.1. The fraction of sp³-hybridized carbons (Fsp3) is 0.286. The normalized spacial score (nSPS) is 13.7. The predicted molar refractivity (Wildman–Crippen MR) is 172 cm³/mol. The molecule has 0 saturated heterocycles. The smallest absolute Gasteiger partial charge is 0.260 e. The average molecular weight is 616 g/mol. The lowest BCUT2D eigenvalue weighted by Crippen LogP contribution is -2.31. The number of rotatable bonds is 10. The average Bonchev–Trinajstić information content (AvgIpc) is 3.69. The molecule has 232 valence electrons. The summed E-state index contributed by atoms with van der Waals surface area (Å²) in [5, 5.41) is 18.6. The molecule has 11 nitrogen and oxygen atoms in total. The lowest BCUT2D eigenvalue weighted by molar-refractivity contribution is 0.0984. The maximum atomic E-state index is 14.0. The van der Waals surface area contributed by atoms with Crippen LogP contribution in [0.1, 0.15) is 62.8 Å². The van der Waals surface area contributed by atoms with Crippen LogP contribution >= 0.6 is 0 Å². The number of carbonyl (C=O) groups excluding carboxylic acids is 1. The monoisotopic (exact) mass is 615 g/mol. The van der Waals surface area contributed by atoms with Crippen LogP contribution in [0.15, 0.2) is 60.9 Å². The molecule has 46 heavy (non-hydrogen) atoms. The lowest BCUT2D eigenvalue weighted by atomic mass is 10.0. The van der Waals surface area contributed by atoms with E-state index in [0.29, 0.717) is 36.9 Å². The van der Waals surface area contributed by atoms with Gasteiger partial charge in [0.2, 0.25) is 0 Å². The highest BCUT2D eigenvalue weighted by atomic mass is 16.5. The largest absolute Gasteiger partial charge is 0.497 e. The van der Waals surface area contributed by atoms with Crippen LogP contribution in [0.3, 0.4) is 0 Å². The topological polar surface area (TPSA) is 127 Å². The number of aryl methyl sites for hydroxylation is 1. The Balaban J connectivity index is 1.22. The number of methoxy groups -OCH3 is 2. The third-order valence-corrected chi connectivity index (χ3v) is 8.52. The van der Waals surface area contributed by atoms with E-state index in [9.17, 15) is 10.1 Å². The number of nitrogens with one attached hydrogen (secondary N) is 1. The number of ether oxygens (including phenoxy) is 3. The van der Waals surface area contributed by atoms with Gasteiger partial charge in [-0.3, -0.25) is 19.4 Å². The Hall–Kier alpha value is -5.47. The molecule has 2 aliphatic rings. The molecule has 11 heteroatoms. The summed E-state index contributed by atoms with van der Waals surface area (Å²) in [6.45, 7) is 1.66. The van der Waals surface area contributed by atoms with E-state index < -0.39 is 0 Å². The van der Waals surface area contributed by atoms with Gasteiger partial charge < -0.3 is 19.5 Å². The summed E-state index contributed by atoms with van der Waals surface area (Å²) >= 11 is 0. The van der Waals surface area contributed by atoms with E-state index in [1.807, 2.05) is 48.5 Å². The minimum Gasteiger partial charge on any atom is -0.497 e. The van der Waals surface area contributed by atoms with Gasteiger partial charge in [-0.1, -0.05) is 12.1 Å². The van der Waals surface area contributed by atoms with E-state index in [1.165, 1.54) is 0 Å². The summed E-state index contributed by atoms with van der Waals surface area (Å²) in [6.07, 6.45) is 5.59. The van der Waals surface area contributed by atoms with Crippen LogP contribution in [-0.2, 0) is 38.1 Å². The number of nitriles is 1. The Kier molecular flexibility index (Phi) is 7.72. The molecule has 1 N–H and O–H groups in total. The number of hydrogen-bond acceptors (Lipinski definition) is 9. The van der Waals surface area contributed by atoms with Gasteiger partial charge in [0.05, 0.1) is 45.1 Å². The second-order valence-corrected chi connectivity index (χ2v) is 11.6. The van der Waals surface area contributed by atoms with Crippen LogP contribution in [0.4, 0.5) is 11.5 Å². The molecule has 1 fully saturated rings. The van der Waals surface area contributed by atoms with Crippen molar-refractivity contribution in [3.8, 4) is 17.6 Å². The van der Waals surface area contributed by atoms with Crippen LogP contribution in [0.2, 0.25) is 0 Å². The Morgan fingerprint density at radius 1 is 1.11 bits per heavy atom. The fourth-order valence-corrected chi connectivity index (χ4v) is 5.93. The first-order valence-corrected chi connectivity index (χ1v) is 15.1. The third kappa shape index (κ3) is 5.59. The van der Waals surface area contributed by atoms with Gasteiger partial charge in [-0.15, -0.1) is 0 Å². The molecule has 0 spiro atoms. The van der Waals surface area contributed by atoms with Crippen molar-refractivity contribution in [2.45, 2.75) is 45.1 Å². The molecule has 1 saturated carbocycles. The third-order valence-electron chi connectivity index (χ3n) is 8.52. The summed E-state index contributed by atoms with van der Waals surface area (Å²) in [4.78, 5) is 25.2.